The van der Waals surface area contributed by atoms with E-state index in [4.69, 9.17) is 4.74 Å². The molecule has 4 heteroatoms. The summed E-state index contributed by atoms with van der Waals surface area (Å²) in [7, 11) is 0. The van der Waals surface area contributed by atoms with Crippen LogP contribution in [0.25, 0.3) is 10.9 Å². The molecule has 3 rings (SSSR count). The van der Waals surface area contributed by atoms with Crippen LogP contribution < -0.4 is 10.1 Å². The van der Waals surface area contributed by atoms with E-state index in [1.54, 1.807) is 0 Å². The summed E-state index contributed by atoms with van der Waals surface area (Å²) in [6, 6.07) is 16.7. The summed E-state index contributed by atoms with van der Waals surface area (Å²) in [5.41, 5.74) is 4.24. The van der Waals surface area contributed by atoms with Crippen LogP contribution in [0.5, 0.6) is 5.75 Å². The number of nitrogens with one attached hydrogen (secondary N) is 1. The smallest absolute Gasteiger partial charge is 0.268 e. The summed E-state index contributed by atoms with van der Waals surface area (Å²) in [5, 5.41) is 3.99. The molecule has 0 saturated carbocycles. The Morgan fingerprint density at radius 1 is 1.10 bits per heavy atom. The van der Waals surface area contributed by atoms with Crippen LogP contribution in [0.1, 0.15) is 63.2 Å². The zero-order chi connectivity index (χ0) is 21.2. The molecule has 2 aromatic carbocycles. The fourth-order valence-electron chi connectivity index (χ4n) is 3.53. The minimum atomic E-state index is -0.0649. The van der Waals surface area contributed by atoms with Gasteiger partial charge in [-0.3, -0.25) is 4.79 Å². The van der Waals surface area contributed by atoms with Crippen molar-refractivity contribution >= 4 is 16.8 Å². The highest BCUT2D eigenvalue weighted by molar-refractivity contribution is 6.00. The number of ether oxygens (including phenoxy) is 1. The van der Waals surface area contributed by atoms with Gasteiger partial charge in [-0.25, -0.2) is 0 Å². The summed E-state index contributed by atoms with van der Waals surface area (Å²) in [4.78, 5) is 12.9. The van der Waals surface area contributed by atoms with Crippen LogP contribution in [0.4, 0.5) is 0 Å². The van der Waals surface area contributed by atoms with Gasteiger partial charge in [0.15, 0.2) is 0 Å². The number of amides is 1. The summed E-state index contributed by atoms with van der Waals surface area (Å²) >= 11 is 0. The predicted molar refractivity (Wildman–Crippen MR) is 120 cm³/mol. The number of benzene rings is 2. The summed E-state index contributed by atoms with van der Waals surface area (Å²) in [6.07, 6.45) is 0. The maximum Gasteiger partial charge on any atom is 0.268 e. The van der Waals surface area contributed by atoms with Crippen LogP contribution in [0, 0.1) is 0 Å². The van der Waals surface area contributed by atoms with E-state index < -0.39 is 0 Å². The third-order valence-corrected chi connectivity index (χ3v) is 5.02. The molecule has 0 saturated heterocycles. The fourth-order valence-corrected chi connectivity index (χ4v) is 3.53. The molecule has 0 aliphatic heterocycles. The van der Waals surface area contributed by atoms with Crippen molar-refractivity contribution in [2.45, 2.75) is 59.5 Å². The zero-order valence-corrected chi connectivity index (χ0v) is 18.4. The van der Waals surface area contributed by atoms with Gasteiger partial charge < -0.3 is 14.6 Å². The topological polar surface area (TPSA) is 43.3 Å². The number of fused-ring (bicyclic) bond motifs is 1. The standard InChI is InChI=1S/C25H32N2O2/c1-7-29-23-10-8-9-21-20(23)15-22(24(28)26-17(2)3)27(21)16-18-11-13-19(14-12-18)25(4,5)6/h8-15,17H,7,16H2,1-6H3,(H,26,28). The molecule has 0 aliphatic rings. The zero-order valence-electron chi connectivity index (χ0n) is 18.4. The first-order valence-electron chi connectivity index (χ1n) is 10.4. The molecular formula is C25H32N2O2. The Morgan fingerprint density at radius 2 is 1.79 bits per heavy atom. The Balaban J connectivity index is 2.06. The number of hydrogen-bond acceptors (Lipinski definition) is 2. The van der Waals surface area contributed by atoms with Crippen molar-refractivity contribution in [1.29, 1.82) is 0 Å². The molecule has 0 fully saturated rings. The molecule has 1 aromatic heterocycles. The minimum absolute atomic E-state index is 0.0649. The second-order valence-electron chi connectivity index (χ2n) is 8.81. The molecule has 0 unspecified atom stereocenters. The van der Waals surface area contributed by atoms with Crippen molar-refractivity contribution in [3.8, 4) is 5.75 Å². The monoisotopic (exact) mass is 392 g/mol. The van der Waals surface area contributed by atoms with Crippen molar-refractivity contribution in [2.24, 2.45) is 0 Å². The average molecular weight is 393 g/mol. The van der Waals surface area contributed by atoms with E-state index >= 15 is 0 Å². The molecule has 1 N–H and O–H groups in total. The number of hydrogen-bond donors (Lipinski definition) is 1. The van der Waals surface area contributed by atoms with E-state index in [2.05, 4.69) is 54.9 Å². The van der Waals surface area contributed by atoms with Gasteiger partial charge in [0, 0.05) is 18.0 Å². The second-order valence-corrected chi connectivity index (χ2v) is 8.81. The number of carbonyl (C=O) groups excluding carboxylic acids is 1. The van der Waals surface area contributed by atoms with E-state index in [1.807, 2.05) is 45.0 Å². The first-order chi connectivity index (χ1) is 13.7. The molecule has 0 bridgehead atoms. The summed E-state index contributed by atoms with van der Waals surface area (Å²) in [6.45, 7) is 13.8. The number of aromatic nitrogens is 1. The highest BCUT2D eigenvalue weighted by Gasteiger charge is 2.19. The molecule has 29 heavy (non-hydrogen) atoms. The predicted octanol–water partition coefficient (Wildman–Crippen LogP) is 5.52. The van der Waals surface area contributed by atoms with Gasteiger partial charge in [-0.1, -0.05) is 51.1 Å². The van der Waals surface area contributed by atoms with E-state index in [9.17, 15) is 4.79 Å². The third kappa shape index (κ3) is 4.64. The van der Waals surface area contributed by atoms with Gasteiger partial charge >= 0.3 is 0 Å². The largest absolute Gasteiger partial charge is 0.493 e. The lowest BCUT2D eigenvalue weighted by Crippen LogP contribution is -2.31. The van der Waals surface area contributed by atoms with E-state index in [0.29, 0.717) is 18.8 Å². The van der Waals surface area contributed by atoms with Gasteiger partial charge in [0.2, 0.25) is 0 Å². The lowest BCUT2D eigenvalue weighted by atomic mass is 9.87. The molecule has 3 aromatic rings. The van der Waals surface area contributed by atoms with Gasteiger partial charge in [0.25, 0.3) is 5.91 Å². The normalized spacial score (nSPS) is 11.8. The van der Waals surface area contributed by atoms with Gasteiger partial charge in [-0.15, -0.1) is 0 Å². The van der Waals surface area contributed by atoms with Crippen molar-refractivity contribution in [3.05, 3.63) is 65.4 Å². The first kappa shape index (κ1) is 21.0. The highest BCUT2D eigenvalue weighted by Crippen LogP contribution is 2.30. The lowest BCUT2D eigenvalue weighted by molar-refractivity contribution is 0.0934. The molecule has 0 aliphatic carbocycles. The average Bonchev–Trinajstić information content (AvgIpc) is 3.01. The molecule has 0 spiro atoms. The van der Waals surface area contributed by atoms with Crippen LogP contribution in [-0.4, -0.2) is 23.1 Å². The van der Waals surface area contributed by atoms with Crippen molar-refractivity contribution in [1.82, 2.24) is 9.88 Å². The van der Waals surface area contributed by atoms with E-state index in [-0.39, 0.29) is 17.4 Å². The van der Waals surface area contributed by atoms with Crippen LogP contribution >= 0.6 is 0 Å². The summed E-state index contributed by atoms with van der Waals surface area (Å²) in [5.74, 6) is 0.746. The summed E-state index contributed by atoms with van der Waals surface area (Å²) < 4.78 is 7.89. The maximum atomic E-state index is 12.9. The fraction of sp³-hybridized carbons (Fsp3) is 0.400. The SMILES string of the molecule is CCOc1cccc2c1cc(C(=O)NC(C)C)n2Cc1ccc(C(C)(C)C)cc1. The van der Waals surface area contributed by atoms with E-state index in [1.165, 1.54) is 5.56 Å². The molecule has 0 radical (unpaired) electrons. The Bertz CT molecular complexity index is 992. The van der Waals surface area contributed by atoms with Crippen LogP contribution in [-0.2, 0) is 12.0 Å². The van der Waals surface area contributed by atoms with Crippen molar-refractivity contribution < 1.29 is 9.53 Å². The maximum absolute atomic E-state index is 12.9. The van der Waals surface area contributed by atoms with Crippen LogP contribution in [0.2, 0.25) is 0 Å². The molecular weight excluding hydrogens is 360 g/mol. The number of rotatable bonds is 6. The Kier molecular flexibility index (Phi) is 6.02. The molecule has 154 valence electrons. The molecule has 4 nitrogen and oxygen atoms in total. The van der Waals surface area contributed by atoms with Crippen LogP contribution in [0.3, 0.4) is 0 Å². The highest BCUT2D eigenvalue weighted by atomic mass is 16.5. The minimum Gasteiger partial charge on any atom is -0.493 e. The first-order valence-corrected chi connectivity index (χ1v) is 10.4. The molecule has 0 atom stereocenters. The third-order valence-electron chi connectivity index (χ3n) is 5.02. The van der Waals surface area contributed by atoms with Gasteiger partial charge in [0.1, 0.15) is 11.4 Å². The van der Waals surface area contributed by atoms with E-state index in [0.717, 1.165) is 22.2 Å². The molecule has 1 amide bonds. The Hall–Kier alpha value is -2.75. The molecule has 1 heterocycles. The Morgan fingerprint density at radius 3 is 2.38 bits per heavy atom. The van der Waals surface area contributed by atoms with Gasteiger partial charge in [-0.2, -0.15) is 0 Å². The Labute approximate surface area is 173 Å². The quantitative estimate of drug-likeness (QED) is 0.600. The number of nitrogens with zero attached hydrogens (tertiary/aromatic N) is 1. The number of carbonyl (C=O) groups is 1. The lowest BCUT2D eigenvalue weighted by Gasteiger charge is -2.19. The second kappa shape index (κ2) is 8.32. The van der Waals surface area contributed by atoms with Crippen molar-refractivity contribution in [2.75, 3.05) is 6.61 Å². The van der Waals surface area contributed by atoms with Crippen molar-refractivity contribution in [3.63, 3.8) is 0 Å². The van der Waals surface area contributed by atoms with Crippen LogP contribution in [0.15, 0.2) is 48.5 Å². The van der Waals surface area contributed by atoms with Gasteiger partial charge in [-0.05, 0) is 55.5 Å². The van der Waals surface area contributed by atoms with Gasteiger partial charge in [0.05, 0.1) is 12.1 Å².